The van der Waals surface area contributed by atoms with Crippen molar-refractivity contribution < 1.29 is 14.3 Å². The molecule has 0 saturated heterocycles. The van der Waals surface area contributed by atoms with E-state index in [4.69, 9.17) is 9.47 Å². The Kier molecular flexibility index (Phi) is 5.62. The summed E-state index contributed by atoms with van der Waals surface area (Å²) in [6.07, 6.45) is 7.44. The fraction of sp³-hybridized carbons (Fsp3) is 0.250. The zero-order valence-electron chi connectivity index (χ0n) is 18.5. The number of ether oxygens (including phenoxy) is 2. The molecule has 0 radical (unpaired) electrons. The fourth-order valence-corrected chi connectivity index (χ4v) is 3.81. The van der Waals surface area contributed by atoms with Crippen LogP contribution in [0.5, 0.6) is 5.75 Å². The molecule has 0 aliphatic carbocycles. The molecule has 1 aromatic carbocycles. The number of nitrogens with zero attached hydrogens (tertiary/aromatic N) is 4. The lowest BCUT2D eigenvalue weighted by Crippen LogP contribution is -2.22. The van der Waals surface area contributed by atoms with Crippen LogP contribution in [-0.2, 0) is 18.4 Å². The van der Waals surface area contributed by atoms with Gasteiger partial charge in [0.15, 0.2) is 0 Å². The number of amides is 1. The van der Waals surface area contributed by atoms with Crippen molar-refractivity contribution in [2.45, 2.75) is 13.5 Å². The van der Waals surface area contributed by atoms with E-state index < -0.39 is 0 Å². The molecule has 2 N–H and O–H groups in total. The minimum absolute atomic E-state index is 0.137. The first kappa shape index (κ1) is 20.9. The molecule has 1 amide bonds. The van der Waals surface area contributed by atoms with Gasteiger partial charge >= 0.3 is 0 Å². The second-order valence-corrected chi connectivity index (χ2v) is 7.70. The Morgan fingerprint density at radius 3 is 3.00 bits per heavy atom. The van der Waals surface area contributed by atoms with Crippen molar-refractivity contribution in [3.05, 3.63) is 59.2 Å². The first-order chi connectivity index (χ1) is 16.1. The number of nitrogens with one attached hydrogen (secondary N) is 2. The maximum absolute atomic E-state index is 12.3. The van der Waals surface area contributed by atoms with E-state index in [9.17, 15) is 4.79 Å². The lowest BCUT2D eigenvalue weighted by Gasteiger charge is -2.12. The standard InChI is InChI=1S/C24H24N6O3/c1-3-25-24(31)16-5-4-15-6-7-19-17-11-20(26-13-21(17)29-28-19)18-12-27-30(2)22(18)14-32-8-9-33-23(15)10-16/h4-7,10-13H,3,8-9,14H2,1-2H3,(H,25,31)(H,28,29)/b7-6+. The number of fused-ring (bicyclic) bond motifs is 4. The quantitative estimate of drug-likeness (QED) is 0.492. The average molecular weight is 444 g/mol. The van der Waals surface area contributed by atoms with Crippen LogP contribution < -0.4 is 10.1 Å². The van der Waals surface area contributed by atoms with Gasteiger partial charge in [-0.1, -0.05) is 6.07 Å². The number of carbonyl (C=O) groups excluding carboxylic acids is 1. The summed E-state index contributed by atoms with van der Waals surface area (Å²) in [6, 6.07) is 7.43. The molecule has 1 aliphatic rings. The molecule has 0 saturated carbocycles. The third kappa shape index (κ3) is 4.10. The van der Waals surface area contributed by atoms with E-state index in [1.807, 2.05) is 38.3 Å². The lowest BCUT2D eigenvalue weighted by atomic mass is 10.1. The van der Waals surface area contributed by atoms with Gasteiger partial charge in [-0.15, -0.1) is 0 Å². The monoisotopic (exact) mass is 444 g/mol. The molecular weight excluding hydrogens is 420 g/mol. The van der Waals surface area contributed by atoms with Gasteiger partial charge in [0.1, 0.15) is 12.4 Å². The predicted molar refractivity (Wildman–Crippen MR) is 125 cm³/mol. The van der Waals surface area contributed by atoms with E-state index >= 15 is 0 Å². The Bertz CT molecular complexity index is 1350. The molecule has 9 heteroatoms. The number of H-pyrrole nitrogens is 1. The first-order valence-corrected chi connectivity index (χ1v) is 10.8. The van der Waals surface area contributed by atoms with Crippen LogP contribution in [0.25, 0.3) is 34.3 Å². The third-order valence-electron chi connectivity index (χ3n) is 5.57. The summed E-state index contributed by atoms with van der Waals surface area (Å²) in [6.45, 7) is 3.54. The maximum atomic E-state index is 12.3. The third-order valence-corrected chi connectivity index (χ3v) is 5.57. The molecule has 0 spiro atoms. The highest BCUT2D eigenvalue weighted by Gasteiger charge is 2.15. The van der Waals surface area contributed by atoms with Crippen molar-refractivity contribution in [1.29, 1.82) is 0 Å². The van der Waals surface area contributed by atoms with Crippen molar-refractivity contribution in [3.8, 4) is 17.0 Å². The van der Waals surface area contributed by atoms with Gasteiger partial charge in [0.25, 0.3) is 5.91 Å². The van der Waals surface area contributed by atoms with Gasteiger partial charge < -0.3 is 14.8 Å². The van der Waals surface area contributed by atoms with Crippen LogP contribution in [0.1, 0.15) is 34.2 Å². The molecule has 0 fully saturated rings. The molecule has 2 bridgehead atoms. The second-order valence-electron chi connectivity index (χ2n) is 7.70. The molecule has 1 aliphatic heterocycles. The smallest absolute Gasteiger partial charge is 0.251 e. The van der Waals surface area contributed by atoms with Gasteiger partial charge in [-0.25, -0.2) is 0 Å². The maximum Gasteiger partial charge on any atom is 0.251 e. The molecule has 0 atom stereocenters. The summed E-state index contributed by atoms with van der Waals surface area (Å²) in [4.78, 5) is 16.9. The van der Waals surface area contributed by atoms with Crippen LogP contribution in [0, 0.1) is 0 Å². The minimum Gasteiger partial charge on any atom is -0.491 e. The Morgan fingerprint density at radius 1 is 1.21 bits per heavy atom. The second kappa shape index (κ2) is 8.87. The highest BCUT2D eigenvalue weighted by Crippen LogP contribution is 2.28. The van der Waals surface area contributed by atoms with Crippen LogP contribution in [0.15, 0.2) is 36.7 Å². The van der Waals surface area contributed by atoms with Crippen molar-refractivity contribution >= 4 is 29.0 Å². The number of hydrogen-bond acceptors (Lipinski definition) is 6. The van der Waals surface area contributed by atoms with Crippen LogP contribution in [-0.4, -0.2) is 50.6 Å². The van der Waals surface area contributed by atoms with E-state index in [1.165, 1.54) is 0 Å². The molecule has 168 valence electrons. The lowest BCUT2D eigenvalue weighted by molar-refractivity contribution is 0.0851. The highest BCUT2D eigenvalue weighted by atomic mass is 16.5. The van der Waals surface area contributed by atoms with Gasteiger partial charge in [-0.3, -0.25) is 19.6 Å². The largest absolute Gasteiger partial charge is 0.491 e. The van der Waals surface area contributed by atoms with Crippen LogP contribution in [0.3, 0.4) is 0 Å². The molecular formula is C24H24N6O3. The summed E-state index contributed by atoms with van der Waals surface area (Å²) in [5.74, 6) is 0.471. The van der Waals surface area contributed by atoms with Crippen LogP contribution >= 0.6 is 0 Å². The van der Waals surface area contributed by atoms with Gasteiger partial charge in [-0.05, 0) is 37.3 Å². The predicted octanol–water partition coefficient (Wildman–Crippen LogP) is 3.19. The molecule has 0 unspecified atom stereocenters. The van der Waals surface area contributed by atoms with E-state index in [2.05, 4.69) is 25.6 Å². The Labute approximate surface area is 190 Å². The molecule has 9 nitrogen and oxygen atoms in total. The van der Waals surface area contributed by atoms with Crippen molar-refractivity contribution in [1.82, 2.24) is 30.3 Å². The number of benzene rings is 1. The molecule has 3 aromatic heterocycles. The number of pyridine rings is 1. The fourth-order valence-electron chi connectivity index (χ4n) is 3.81. The number of aryl methyl sites for hydroxylation is 1. The number of aromatic nitrogens is 5. The van der Waals surface area contributed by atoms with Crippen molar-refractivity contribution in [2.24, 2.45) is 7.05 Å². The van der Waals surface area contributed by atoms with Gasteiger partial charge in [-0.2, -0.15) is 10.2 Å². The van der Waals surface area contributed by atoms with Crippen molar-refractivity contribution in [3.63, 3.8) is 0 Å². The Balaban J connectivity index is 1.58. The summed E-state index contributed by atoms with van der Waals surface area (Å²) in [5, 5.41) is 15.6. The molecule has 33 heavy (non-hydrogen) atoms. The molecule has 5 rings (SSSR count). The summed E-state index contributed by atoms with van der Waals surface area (Å²) in [5.41, 5.74) is 5.66. The summed E-state index contributed by atoms with van der Waals surface area (Å²) in [7, 11) is 1.89. The number of rotatable bonds is 2. The molecule has 4 heterocycles. The Hall–Kier alpha value is -3.98. The zero-order valence-corrected chi connectivity index (χ0v) is 18.5. The minimum atomic E-state index is -0.137. The van der Waals surface area contributed by atoms with Gasteiger partial charge in [0.2, 0.25) is 0 Å². The normalized spacial score (nSPS) is 14.6. The van der Waals surface area contributed by atoms with E-state index in [1.54, 1.807) is 29.2 Å². The topological polar surface area (TPSA) is 107 Å². The van der Waals surface area contributed by atoms with Crippen LogP contribution in [0.2, 0.25) is 0 Å². The highest BCUT2D eigenvalue weighted by molar-refractivity contribution is 5.95. The summed E-state index contributed by atoms with van der Waals surface area (Å²) < 4.78 is 13.7. The van der Waals surface area contributed by atoms with E-state index in [-0.39, 0.29) is 5.91 Å². The number of hydrogen-bond donors (Lipinski definition) is 2. The van der Waals surface area contributed by atoms with Crippen LogP contribution in [0.4, 0.5) is 0 Å². The van der Waals surface area contributed by atoms with Gasteiger partial charge in [0.05, 0.1) is 48.2 Å². The zero-order chi connectivity index (χ0) is 22.8. The Morgan fingerprint density at radius 2 is 2.12 bits per heavy atom. The van der Waals surface area contributed by atoms with E-state index in [0.717, 1.165) is 39.1 Å². The number of aromatic amines is 1. The van der Waals surface area contributed by atoms with Crippen molar-refractivity contribution in [2.75, 3.05) is 19.8 Å². The van der Waals surface area contributed by atoms with Gasteiger partial charge in [0, 0.05) is 35.7 Å². The summed E-state index contributed by atoms with van der Waals surface area (Å²) >= 11 is 0. The first-order valence-electron chi connectivity index (χ1n) is 10.8. The average Bonchev–Trinajstić information content (AvgIpc) is 3.40. The number of carbonyl (C=O) groups is 1. The molecule has 4 aromatic rings. The SMILES string of the molecule is CCNC(=O)c1ccc2c(c1)OCCOCc1c(cnn1C)-c1cc3c(n[nH]c3cn1)/C=C/2. The van der Waals surface area contributed by atoms with E-state index in [0.29, 0.717) is 37.7 Å².